The first-order valence-corrected chi connectivity index (χ1v) is 12.4. The highest BCUT2D eigenvalue weighted by Gasteiger charge is 2.26. The van der Waals surface area contributed by atoms with E-state index < -0.39 is 5.97 Å². The summed E-state index contributed by atoms with van der Waals surface area (Å²) in [5, 5.41) is 27.2. The Kier molecular flexibility index (Phi) is 6.49. The molecule has 0 radical (unpaired) electrons. The van der Waals surface area contributed by atoms with E-state index in [-0.39, 0.29) is 11.6 Å². The van der Waals surface area contributed by atoms with Crippen LogP contribution in [-0.2, 0) is 7.05 Å². The van der Waals surface area contributed by atoms with E-state index in [1.807, 2.05) is 50.0 Å². The highest BCUT2D eigenvalue weighted by Crippen LogP contribution is 2.33. The molecule has 0 spiro atoms. The van der Waals surface area contributed by atoms with Gasteiger partial charge in [0.05, 0.1) is 22.6 Å². The molecule has 0 bridgehead atoms. The molecule has 9 nitrogen and oxygen atoms in total. The molecule has 188 valence electrons. The maximum absolute atomic E-state index is 11.7. The number of aromatic nitrogens is 4. The largest absolute Gasteiger partial charge is 0.478 e. The van der Waals surface area contributed by atoms with Crippen LogP contribution in [0.3, 0.4) is 0 Å². The smallest absolute Gasteiger partial charge is 0.337 e. The number of carboxylic acids is 1. The highest BCUT2D eigenvalue weighted by molar-refractivity contribution is 5.94. The molecule has 2 aromatic carbocycles. The molecule has 1 aliphatic rings. The molecule has 1 aliphatic heterocycles. The number of anilines is 2. The number of carboxylic acid groups (broad SMARTS) is 1. The Hall–Kier alpha value is -4.45. The summed E-state index contributed by atoms with van der Waals surface area (Å²) in [7, 11) is 1.97. The van der Waals surface area contributed by atoms with Crippen LogP contribution >= 0.6 is 0 Å². The molecule has 2 aromatic heterocycles. The Bertz CT molecular complexity index is 1510. The minimum absolute atomic E-state index is 0.209. The normalized spacial score (nSPS) is 14.9. The van der Waals surface area contributed by atoms with E-state index in [0.717, 1.165) is 37.1 Å². The number of hydrogen-bond acceptors (Lipinski definition) is 7. The minimum atomic E-state index is -0.986. The van der Waals surface area contributed by atoms with Crippen LogP contribution in [0.15, 0.2) is 48.7 Å². The molecule has 1 atom stereocenters. The van der Waals surface area contributed by atoms with E-state index in [1.54, 1.807) is 18.2 Å². The first-order valence-electron chi connectivity index (χ1n) is 12.4. The molecule has 5 rings (SSSR count). The molecule has 9 heteroatoms. The number of para-hydroxylation sites is 1. The number of piperidine rings is 1. The molecule has 0 unspecified atom stereocenters. The Balaban J connectivity index is 1.49. The van der Waals surface area contributed by atoms with Gasteiger partial charge in [-0.2, -0.15) is 10.4 Å². The van der Waals surface area contributed by atoms with Crippen molar-refractivity contribution in [2.75, 3.05) is 23.3 Å². The first-order chi connectivity index (χ1) is 17.9. The molecule has 0 aliphatic carbocycles. The van der Waals surface area contributed by atoms with Crippen molar-refractivity contribution in [2.24, 2.45) is 7.05 Å². The zero-order valence-electron chi connectivity index (χ0n) is 21.1. The van der Waals surface area contributed by atoms with Crippen molar-refractivity contribution in [1.82, 2.24) is 19.7 Å². The fraction of sp³-hybridized carbons (Fsp3) is 0.321. The lowest BCUT2D eigenvalue weighted by Crippen LogP contribution is -2.34. The average Bonchev–Trinajstić information content (AvgIpc) is 3.33. The number of nitriles is 1. The summed E-state index contributed by atoms with van der Waals surface area (Å²) in [6.07, 6.45) is 3.71. The molecule has 2 N–H and O–H groups in total. The van der Waals surface area contributed by atoms with Gasteiger partial charge in [0.1, 0.15) is 6.07 Å². The van der Waals surface area contributed by atoms with Gasteiger partial charge in [-0.1, -0.05) is 18.2 Å². The summed E-state index contributed by atoms with van der Waals surface area (Å²) in [5.41, 5.74) is 5.55. The first kappa shape index (κ1) is 24.3. The van der Waals surface area contributed by atoms with Crippen LogP contribution in [0.5, 0.6) is 0 Å². The quantitative estimate of drug-likeness (QED) is 0.391. The van der Waals surface area contributed by atoms with Gasteiger partial charge in [-0.3, -0.25) is 4.68 Å². The molecule has 3 heterocycles. The fourth-order valence-electron chi connectivity index (χ4n) is 5.23. The van der Waals surface area contributed by atoms with E-state index in [1.165, 1.54) is 5.69 Å². The molecule has 4 aromatic rings. The second kappa shape index (κ2) is 9.90. The Morgan fingerprint density at radius 2 is 1.95 bits per heavy atom. The standard InChI is InChI=1S/C28H29N7O2/c1-17-14-21(18(2)31-22-7-5-4-6-20(22)28(36)37)26-23(15-17)32-24(16-29)27(33-26)35-12-9-19(10-13-35)25-8-11-30-34(25)3/h4-8,11,14-15,18-19,31H,9-10,12-13H2,1-3H3,(H,36,37)/t18-/m1/s1. The second-order valence-electron chi connectivity index (χ2n) is 9.59. The van der Waals surface area contributed by atoms with Crippen LogP contribution in [0, 0.1) is 18.3 Å². The Morgan fingerprint density at radius 1 is 1.19 bits per heavy atom. The lowest BCUT2D eigenvalue weighted by atomic mass is 9.93. The van der Waals surface area contributed by atoms with Crippen LogP contribution in [0.25, 0.3) is 11.0 Å². The molecule has 0 saturated carbocycles. The number of benzene rings is 2. The average molecular weight is 496 g/mol. The van der Waals surface area contributed by atoms with Crippen molar-refractivity contribution >= 4 is 28.5 Å². The number of nitrogens with zero attached hydrogens (tertiary/aromatic N) is 6. The summed E-state index contributed by atoms with van der Waals surface area (Å²) < 4.78 is 1.93. The predicted octanol–water partition coefficient (Wildman–Crippen LogP) is 4.80. The van der Waals surface area contributed by atoms with Crippen molar-refractivity contribution < 1.29 is 9.90 Å². The van der Waals surface area contributed by atoms with Gasteiger partial charge in [-0.05, 0) is 56.5 Å². The van der Waals surface area contributed by atoms with Gasteiger partial charge in [0.2, 0.25) is 0 Å². The molecule has 1 fully saturated rings. The summed E-state index contributed by atoms with van der Waals surface area (Å²) in [6.45, 7) is 5.49. The molecular formula is C28H29N7O2. The fourth-order valence-corrected chi connectivity index (χ4v) is 5.23. The van der Waals surface area contributed by atoms with Gasteiger partial charge in [0.15, 0.2) is 11.5 Å². The number of nitrogens with one attached hydrogen (secondary N) is 1. The lowest BCUT2D eigenvalue weighted by molar-refractivity contribution is 0.0698. The number of rotatable bonds is 6. The van der Waals surface area contributed by atoms with E-state index >= 15 is 0 Å². The zero-order chi connectivity index (χ0) is 26.1. The van der Waals surface area contributed by atoms with Crippen molar-refractivity contribution in [3.05, 3.63) is 76.7 Å². The molecule has 37 heavy (non-hydrogen) atoms. The van der Waals surface area contributed by atoms with E-state index in [2.05, 4.69) is 27.5 Å². The SMILES string of the molecule is Cc1cc([C@@H](C)Nc2ccccc2C(=O)O)c2nc(N3CCC(c4ccnn4C)CC3)c(C#N)nc2c1. The minimum Gasteiger partial charge on any atom is -0.478 e. The highest BCUT2D eigenvalue weighted by atomic mass is 16.4. The predicted molar refractivity (Wildman–Crippen MR) is 142 cm³/mol. The van der Waals surface area contributed by atoms with E-state index in [0.29, 0.717) is 34.2 Å². The number of aryl methyl sites for hydroxylation is 2. The van der Waals surface area contributed by atoms with E-state index in [4.69, 9.17) is 9.97 Å². The van der Waals surface area contributed by atoms with Gasteiger partial charge in [0, 0.05) is 49.2 Å². The van der Waals surface area contributed by atoms with Crippen molar-refractivity contribution in [3.63, 3.8) is 0 Å². The third kappa shape index (κ3) is 4.70. The maximum atomic E-state index is 11.7. The third-order valence-corrected chi connectivity index (χ3v) is 7.10. The third-order valence-electron chi connectivity index (χ3n) is 7.10. The van der Waals surface area contributed by atoms with E-state index in [9.17, 15) is 15.2 Å². The molecule has 0 amide bonds. The van der Waals surface area contributed by atoms with Gasteiger partial charge in [-0.15, -0.1) is 0 Å². The van der Waals surface area contributed by atoms with Crippen molar-refractivity contribution in [3.8, 4) is 6.07 Å². The van der Waals surface area contributed by atoms with Gasteiger partial charge >= 0.3 is 5.97 Å². The van der Waals surface area contributed by atoms with Crippen LogP contribution in [0.1, 0.15) is 64.6 Å². The summed E-state index contributed by atoms with van der Waals surface area (Å²) >= 11 is 0. The van der Waals surface area contributed by atoms with Crippen LogP contribution < -0.4 is 10.2 Å². The topological polar surface area (TPSA) is 120 Å². The van der Waals surface area contributed by atoms with Crippen LogP contribution in [0.2, 0.25) is 0 Å². The Morgan fingerprint density at radius 3 is 2.62 bits per heavy atom. The maximum Gasteiger partial charge on any atom is 0.337 e. The monoisotopic (exact) mass is 495 g/mol. The summed E-state index contributed by atoms with van der Waals surface area (Å²) in [5.74, 6) is 0.0285. The number of aromatic carboxylic acids is 1. The van der Waals surface area contributed by atoms with Crippen LogP contribution in [0.4, 0.5) is 11.5 Å². The summed E-state index contributed by atoms with van der Waals surface area (Å²) in [6, 6.07) is 14.9. The van der Waals surface area contributed by atoms with Gasteiger partial charge in [-0.25, -0.2) is 14.8 Å². The van der Waals surface area contributed by atoms with Crippen molar-refractivity contribution in [1.29, 1.82) is 5.26 Å². The molecule has 1 saturated heterocycles. The summed E-state index contributed by atoms with van der Waals surface area (Å²) in [4.78, 5) is 23.6. The lowest BCUT2D eigenvalue weighted by Gasteiger charge is -2.33. The number of fused-ring (bicyclic) bond motifs is 1. The van der Waals surface area contributed by atoms with Crippen molar-refractivity contribution in [2.45, 2.75) is 38.6 Å². The Labute approximate surface area is 215 Å². The number of hydrogen-bond donors (Lipinski definition) is 2. The second-order valence-corrected chi connectivity index (χ2v) is 9.59. The van der Waals surface area contributed by atoms with Gasteiger partial charge < -0.3 is 15.3 Å². The molecular weight excluding hydrogens is 466 g/mol. The number of carbonyl (C=O) groups is 1. The zero-order valence-corrected chi connectivity index (χ0v) is 21.1. The van der Waals surface area contributed by atoms with Gasteiger partial charge in [0.25, 0.3) is 0 Å². The van der Waals surface area contributed by atoms with Crippen LogP contribution in [-0.4, -0.2) is 43.9 Å².